The normalized spacial score (nSPS) is 13.8. The minimum atomic E-state index is -0.357. The quantitative estimate of drug-likeness (QED) is 0.737. The first-order valence-corrected chi connectivity index (χ1v) is 9.02. The second-order valence-electron chi connectivity index (χ2n) is 5.75. The molecule has 0 saturated carbocycles. The van der Waals surface area contributed by atoms with Crippen molar-refractivity contribution < 1.29 is 9.53 Å². The topological polar surface area (TPSA) is 41.6 Å². The Kier molecular flexibility index (Phi) is 5.62. The van der Waals surface area contributed by atoms with Gasteiger partial charge in [0.2, 0.25) is 0 Å². The van der Waals surface area contributed by atoms with E-state index >= 15 is 0 Å². The van der Waals surface area contributed by atoms with Gasteiger partial charge in [0.15, 0.2) is 0 Å². The molecule has 0 aromatic heterocycles. The predicted octanol–water partition coefficient (Wildman–Crippen LogP) is 5.51. The van der Waals surface area contributed by atoms with Gasteiger partial charge in [0.1, 0.15) is 5.75 Å². The zero-order valence-electron chi connectivity index (χ0n) is 13.6. The second-order valence-corrected chi connectivity index (χ2v) is 7.00. The molecule has 1 fully saturated rings. The molecule has 1 saturated heterocycles. The van der Waals surface area contributed by atoms with Gasteiger partial charge < -0.3 is 15.0 Å². The van der Waals surface area contributed by atoms with Gasteiger partial charge in [-0.15, -0.1) is 0 Å². The number of amides is 1. The number of hydrogen-bond acceptors (Lipinski definition) is 3. The van der Waals surface area contributed by atoms with Crippen LogP contribution in [0.5, 0.6) is 5.75 Å². The molecule has 7 heteroatoms. The average molecular weight is 400 g/mol. The van der Waals surface area contributed by atoms with Gasteiger partial charge in [0.05, 0.1) is 34.1 Å². The van der Waals surface area contributed by atoms with Crippen molar-refractivity contribution in [3.8, 4) is 5.75 Å². The van der Waals surface area contributed by atoms with Crippen molar-refractivity contribution in [2.75, 3.05) is 30.4 Å². The van der Waals surface area contributed by atoms with E-state index in [0.29, 0.717) is 15.7 Å². The average Bonchev–Trinajstić information content (AvgIpc) is 3.08. The van der Waals surface area contributed by atoms with Crippen LogP contribution in [0.4, 0.5) is 11.4 Å². The number of halogens is 3. The van der Waals surface area contributed by atoms with E-state index in [0.717, 1.165) is 31.6 Å². The summed E-state index contributed by atoms with van der Waals surface area (Å²) >= 11 is 18.5. The lowest BCUT2D eigenvalue weighted by Gasteiger charge is -2.23. The zero-order chi connectivity index (χ0) is 18.0. The molecule has 2 aromatic rings. The lowest BCUT2D eigenvalue weighted by Crippen LogP contribution is -2.22. The van der Waals surface area contributed by atoms with Gasteiger partial charge in [-0.05, 0) is 37.1 Å². The monoisotopic (exact) mass is 398 g/mol. The fourth-order valence-corrected chi connectivity index (χ4v) is 3.87. The van der Waals surface area contributed by atoms with Crippen LogP contribution in [0.25, 0.3) is 0 Å². The van der Waals surface area contributed by atoms with E-state index in [2.05, 4.69) is 10.2 Å². The number of carbonyl (C=O) groups excluding carboxylic acids is 1. The van der Waals surface area contributed by atoms with Crippen molar-refractivity contribution in [1.29, 1.82) is 0 Å². The summed E-state index contributed by atoms with van der Waals surface area (Å²) in [6, 6.07) is 8.52. The van der Waals surface area contributed by atoms with Crippen molar-refractivity contribution in [3.63, 3.8) is 0 Å². The number of hydrogen-bond donors (Lipinski definition) is 1. The molecule has 0 atom stereocenters. The summed E-state index contributed by atoms with van der Waals surface area (Å²) < 4.78 is 5.26. The summed E-state index contributed by atoms with van der Waals surface area (Å²) in [5.74, 6) is -0.0720. The number of nitrogens with zero attached hydrogens (tertiary/aromatic N) is 1. The Hall–Kier alpha value is -1.62. The summed E-state index contributed by atoms with van der Waals surface area (Å²) in [4.78, 5) is 15.0. The van der Waals surface area contributed by atoms with Gasteiger partial charge in [-0.3, -0.25) is 4.79 Å². The highest BCUT2D eigenvalue weighted by molar-refractivity contribution is 6.37. The van der Waals surface area contributed by atoms with E-state index in [1.54, 1.807) is 6.07 Å². The Balaban J connectivity index is 1.96. The molecular formula is C18H17Cl3N2O2. The van der Waals surface area contributed by atoms with E-state index in [1.807, 2.05) is 12.1 Å². The van der Waals surface area contributed by atoms with Gasteiger partial charge in [-0.2, -0.15) is 0 Å². The third-order valence-electron chi connectivity index (χ3n) is 4.11. The number of ether oxygens (including phenoxy) is 1. The van der Waals surface area contributed by atoms with E-state index in [9.17, 15) is 4.79 Å². The van der Waals surface area contributed by atoms with Crippen LogP contribution in [0, 0.1) is 0 Å². The summed E-state index contributed by atoms with van der Waals surface area (Å²) in [5.41, 5.74) is 1.76. The number of rotatable bonds is 4. The molecule has 0 radical (unpaired) electrons. The maximum Gasteiger partial charge on any atom is 0.259 e. The summed E-state index contributed by atoms with van der Waals surface area (Å²) in [6.07, 6.45) is 2.21. The lowest BCUT2D eigenvalue weighted by atomic mass is 10.1. The van der Waals surface area contributed by atoms with Gasteiger partial charge >= 0.3 is 0 Å². The summed E-state index contributed by atoms with van der Waals surface area (Å²) in [7, 11) is 1.46. The first kappa shape index (κ1) is 18.2. The SMILES string of the molecule is COc1c(Cl)cc(Cl)cc1C(=O)Nc1cccc(Cl)c1N1CCCC1. The van der Waals surface area contributed by atoms with Gasteiger partial charge in [-0.1, -0.05) is 40.9 Å². The fourth-order valence-electron chi connectivity index (χ4n) is 3.00. The number of carbonyl (C=O) groups is 1. The van der Waals surface area contributed by atoms with Crippen LogP contribution < -0.4 is 15.0 Å². The van der Waals surface area contributed by atoms with Crippen molar-refractivity contribution >= 4 is 52.1 Å². The molecular weight excluding hydrogens is 383 g/mol. The maximum atomic E-state index is 12.8. The first-order chi connectivity index (χ1) is 12.0. The first-order valence-electron chi connectivity index (χ1n) is 7.89. The van der Waals surface area contributed by atoms with E-state index < -0.39 is 0 Å². The van der Waals surface area contributed by atoms with Crippen LogP contribution in [0.3, 0.4) is 0 Å². The number of para-hydroxylation sites is 1. The highest BCUT2D eigenvalue weighted by Gasteiger charge is 2.22. The molecule has 2 aromatic carbocycles. The van der Waals surface area contributed by atoms with Crippen molar-refractivity contribution in [2.24, 2.45) is 0 Å². The molecule has 1 heterocycles. The Labute approximate surface area is 161 Å². The Morgan fingerprint density at radius 2 is 1.84 bits per heavy atom. The molecule has 0 unspecified atom stereocenters. The third-order valence-corrected chi connectivity index (χ3v) is 4.92. The minimum Gasteiger partial charge on any atom is -0.494 e. The Morgan fingerprint density at radius 3 is 2.52 bits per heavy atom. The Bertz CT molecular complexity index is 805. The Morgan fingerprint density at radius 1 is 1.12 bits per heavy atom. The number of benzene rings is 2. The van der Waals surface area contributed by atoms with E-state index in [-0.39, 0.29) is 22.2 Å². The fraction of sp³-hybridized carbons (Fsp3) is 0.278. The predicted molar refractivity (Wildman–Crippen MR) is 104 cm³/mol. The van der Waals surface area contributed by atoms with Gasteiger partial charge in [-0.25, -0.2) is 0 Å². The second kappa shape index (κ2) is 7.73. The van der Waals surface area contributed by atoms with Crippen LogP contribution in [-0.2, 0) is 0 Å². The highest BCUT2D eigenvalue weighted by atomic mass is 35.5. The molecule has 1 N–H and O–H groups in total. The zero-order valence-corrected chi connectivity index (χ0v) is 15.9. The molecule has 1 aliphatic heterocycles. The summed E-state index contributed by atoms with van der Waals surface area (Å²) in [6.45, 7) is 1.83. The number of nitrogens with one attached hydrogen (secondary N) is 1. The standard InChI is InChI=1S/C18H17Cl3N2O2/c1-25-17-12(9-11(19)10-14(17)21)18(24)22-15-6-4-5-13(20)16(15)23-7-2-3-8-23/h4-6,9-10H,2-3,7-8H2,1H3,(H,22,24). The maximum absolute atomic E-state index is 12.8. The molecule has 3 rings (SSSR count). The van der Waals surface area contributed by atoms with Crippen LogP contribution in [0.1, 0.15) is 23.2 Å². The van der Waals surface area contributed by atoms with Crippen LogP contribution in [-0.4, -0.2) is 26.1 Å². The molecule has 132 valence electrons. The highest BCUT2D eigenvalue weighted by Crippen LogP contribution is 2.37. The number of anilines is 2. The molecule has 0 bridgehead atoms. The lowest BCUT2D eigenvalue weighted by molar-refractivity contribution is 0.102. The van der Waals surface area contributed by atoms with Crippen LogP contribution in [0.2, 0.25) is 15.1 Å². The minimum absolute atomic E-state index is 0.271. The smallest absolute Gasteiger partial charge is 0.259 e. The molecule has 25 heavy (non-hydrogen) atoms. The molecule has 4 nitrogen and oxygen atoms in total. The van der Waals surface area contributed by atoms with Crippen molar-refractivity contribution in [1.82, 2.24) is 0 Å². The third kappa shape index (κ3) is 3.81. The van der Waals surface area contributed by atoms with Crippen LogP contribution >= 0.6 is 34.8 Å². The summed E-state index contributed by atoms with van der Waals surface area (Å²) in [5, 5.41) is 4.16. The van der Waals surface area contributed by atoms with E-state index in [4.69, 9.17) is 39.5 Å². The molecule has 0 aliphatic carbocycles. The largest absolute Gasteiger partial charge is 0.494 e. The van der Waals surface area contributed by atoms with Gasteiger partial charge in [0.25, 0.3) is 5.91 Å². The van der Waals surface area contributed by atoms with Crippen molar-refractivity contribution in [3.05, 3.63) is 51.0 Å². The van der Waals surface area contributed by atoms with E-state index in [1.165, 1.54) is 19.2 Å². The van der Waals surface area contributed by atoms with Crippen molar-refractivity contribution in [2.45, 2.75) is 12.8 Å². The van der Waals surface area contributed by atoms with Gasteiger partial charge in [0, 0.05) is 18.1 Å². The molecule has 1 aliphatic rings. The molecule has 0 spiro atoms. The molecule has 1 amide bonds. The number of methoxy groups -OCH3 is 1. The van der Waals surface area contributed by atoms with Crippen LogP contribution in [0.15, 0.2) is 30.3 Å².